The highest BCUT2D eigenvalue weighted by Crippen LogP contribution is 2.32. The van der Waals surface area contributed by atoms with Gasteiger partial charge in [0, 0.05) is 15.6 Å². The molecule has 4 N–H and O–H groups in total. The minimum absolute atomic E-state index is 0.0241. The van der Waals surface area contributed by atoms with Crippen molar-refractivity contribution in [3.63, 3.8) is 0 Å². The summed E-state index contributed by atoms with van der Waals surface area (Å²) < 4.78 is 38.9. The lowest BCUT2D eigenvalue weighted by molar-refractivity contribution is -0.141. The number of nitrogens with zero attached hydrogens (tertiary/aromatic N) is 2. The summed E-state index contributed by atoms with van der Waals surface area (Å²) in [5, 5.41) is 0.337. The lowest BCUT2D eigenvalue weighted by Gasteiger charge is -2.12. The maximum absolute atomic E-state index is 13.0. The number of hydrazine groups is 1. The quantitative estimate of drug-likeness (QED) is 0.556. The number of hydrogen-bond acceptors (Lipinski definition) is 4. The molecule has 0 aliphatic heterocycles. The molecule has 11 heteroatoms. The molecule has 0 aliphatic carbocycles. The first-order chi connectivity index (χ1) is 10.6. The Labute approximate surface area is 144 Å². The van der Waals surface area contributed by atoms with Crippen LogP contribution in [0.2, 0.25) is 10.0 Å². The molecule has 2 aromatic rings. The monoisotopic (exact) mass is 381 g/mol. The Bertz CT molecular complexity index is 734. The van der Waals surface area contributed by atoms with E-state index >= 15 is 0 Å². The van der Waals surface area contributed by atoms with Crippen molar-refractivity contribution in [3.8, 4) is 11.3 Å². The van der Waals surface area contributed by atoms with Crippen molar-refractivity contribution in [2.24, 2.45) is 5.73 Å². The Morgan fingerprint density at radius 3 is 2.22 bits per heavy atom. The summed E-state index contributed by atoms with van der Waals surface area (Å²) in [5.41, 5.74) is 8.87. The molecule has 23 heavy (non-hydrogen) atoms. The fourth-order valence-corrected chi connectivity index (χ4v) is 2.19. The van der Waals surface area contributed by atoms with Crippen LogP contribution in [0, 0.1) is 0 Å². The van der Waals surface area contributed by atoms with Crippen molar-refractivity contribution in [1.29, 1.82) is 0 Å². The van der Waals surface area contributed by atoms with Crippen LogP contribution in [-0.4, -0.2) is 15.1 Å². The first kappa shape index (κ1) is 17.5. The van der Waals surface area contributed by atoms with Crippen molar-refractivity contribution < 1.29 is 13.2 Å². The third-order valence-electron chi connectivity index (χ3n) is 2.47. The predicted octanol–water partition coefficient (Wildman–Crippen LogP) is 3.63. The molecule has 0 aliphatic rings. The average molecular weight is 382 g/mol. The number of halogens is 5. The zero-order valence-corrected chi connectivity index (χ0v) is 13.4. The number of nitrogens with two attached hydrogens (primary N) is 1. The number of nitrogens with one attached hydrogen (secondary N) is 2. The van der Waals surface area contributed by atoms with Crippen LogP contribution in [0.5, 0.6) is 0 Å². The Morgan fingerprint density at radius 1 is 1.09 bits per heavy atom. The largest absolute Gasteiger partial charge is 0.433 e. The number of rotatable bonds is 3. The van der Waals surface area contributed by atoms with Gasteiger partial charge in [-0.2, -0.15) is 13.2 Å². The summed E-state index contributed by atoms with van der Waals surface area (Å²) in [5.74, 6) is -0.362. The van der Waals surface area contributed by atoms with Gasteiger partial charge in [-0.25, -0.2) is 9.97 Å². The van der Waals surface area contributed by atoms with E-state index in [9.17, 15) is 13.2 Å². The third-order valence-corrected chi connectivity index (χ3v) is 3.01. The number of anilines is 1. The highest BCUT2D eigenvalue weighted by atomic mass is 35.5. The fraction of sp³-hybridized carbons (Fsp3) is 0.0833. The molecular formula is C12H8Cl2F3N5S. The maximum atomic E-state index is 13.0. The number of alkyl halides is 3. The van der Waals surface area contributed by atoms with Gasteiger partial charge in [-0.15, -0.1) is 0 Å². The van der Waals surface area contributed by atoms with E-state index in [-0.39, 0.29) is 26.8 Å². The van der Waals surface area contributed by atoms with Gasteiger partial charge in [0.2, 0.25) is 5.95 Å². The Balaban J connectivity index is 2.53. The minimum atomic E-state index is -4.67. The summed E-state index contributed by atoms with van der Waals surface area (Å²) in [7, 11) is 0. The minimum Gasteiger partial charge on any atom is -0.375 e. The first-order valence-electron chi connectivity index (χ1n) is 5.89. The second-order valence-corrected chi connectivity index (χ2v) is 5.54. The highest BCUT2D eigenvalue weighted by Gasteiger charge is 2.34. The number of thiocarbonyl (C=S) groups is 1. The summed E-state index contributed by atoms with van der Waals surface area (Å²) in [6.07, 6.45) is -4.67. The lowest BCUT2D eigenvalue weighted by Crippen LogP contribution is -2.35. The molecule has 0 radical (unpaired) electrons. The van der Waals surface area contributed by atoms with E-state index < -0.39 is 11.9 Å². The first-order valence-corrected chi connectivity index (χ1v) is 7.06. The van der Waals surface area contributed by atoms with Crippen LogP contribution in [0.3, 0.4) is 0 Å². The second kappa shape index (κ2) is 6.73. The maximum Gasteiger partial charge on any atom is 0.433 e. The Hall–Kier alpha value is -1.84. The third kappa shape index (κ3) is 4.81. The van der Waals surface area contributed by atoms with E-state index in [4.69, 9.17) is 28.9 Å². The molecule has 0 saturated heterocycles. The second-order valence-electron chi connectivity index (χ2n) is 4.23. The zero-order valence-electron chi connectivity index (χ0n) is 11.1. The molecule has 0 unspecified atom stereocenters. The van der Waals surface area contributed by atoms with Gasteiger partial charge in [0.1, 0.15) is 0 Å². The molecule has 0 saturated carbocycles. The Morgan fingerprint density at radius 2 is 1.70 bits per heavy atom. The van der Waals surface area contributed by atoms with Gasteiger partial charge < -0.3 is 5.73 Å². The topological polar surface area (TPSA) is 75.9 Å². The van der Waals surface area contributed by atoms with Crippen LogP contribution in [0.15, 0.2) is 24.3 Å². The van der Waals surface area contributed by atoms with Gasteiger partial charge in [0.25, 0.3) is 0 Å². The molecule has 2 rings (SSSR count). The highest BCUT2D eigenvalue weighted by molar-refractivity contribution is 7.80. The predicted molar refractivity (Wildman–Crippen MR) is 86.0 cm³/mol. The summed E-state index contributed by atoms with van der Waals surface area (Å²) in [4.78, 5) is 7.31. The van der Waals surface area contributed by atoms with Gasteiger partial charge in [-0.05, 0) is 36.5 Å². The van der Waals surface area contributed by atoms with Crippen molar-refractivity contribution >= 4 is 46.5 Å². The molecule has 1 heterocycles. The fourth-order valence-electron chi connectivity index (χ4n) is 1.62. The van der Waals surface area contributed by atoms with Crippen molar-refractivity contribution in [3.05, 3.63) is 40.0 Å². The van der Waals surface area contributed by atoms with Crippen LogP contribution in [0.4, 0.5) is 19.1 Å². The molecule has 0 bridgehead atoms. The number of aromatic nitrogens is 2. The van der Waals surface area contributed by atoms with E-state index in [1.54, 1.807) is 0 Å². The van der Waals surface area contributed by atoms with Crippen LogP contribution < -0.4 is 16.6 Å². The van der Waals surface area contributed by atoms with Crippen LogP contribution >= 0.6 is 35.4 Å². The van der Waals surface area contributed by atoms with E-state index in [0.29, 0.717) is 5.56 Å². The molecule has 0 fully saturated rings. The van der Waals surface area contributed by atoms with E-state index in [2.05, 4.69) is 33.0 Å². The summed E-state index contributed by atoms with van der Waals surface area (Å²) in [6, 6.07) is 5.10. The van der Waals surface area contributed by atoms with Crippen LogP contribution in [0.25, 0.3) is 11.3 Å². The zero-order chi connectivity index (χ0) is 17.2. The average Bonchev–Trinajstić information content (AvgIpc) is 2.43. The van der Waals surface area contributed by atoms with Gasteiger partial charge in [0.05, 0.1) is 5.69 Å². The lowest BCUT2D eigenvalue weighted by atomic mass is 10.1. The molecular weight excluding hydrogens is 374 g/mol. The molecule has 0 spiro atoms. The van der Waals surface area contributed by atoms with Gasteiger partial charge >= 0.3 is 6.18 Å². The van der Waals surface area contributed by atoms with Gasteiger partial charge in [0.15, 0.2) is 10.8 Å². The molecule has 1 aromatic heterocycles. The van der Waals surface area contributed by atoms with Gasteiger partial charge in [-0.3, -0.25) is 10.9 Å². The van der Waals surface area contributed by atoms with Gasteiger partial charge in [-0.1, -0.05) is 23.2 Å². The molecule has 0 amide bonds. The van der Waals surface area contributed by atoms with Crippen molar-refractivity contribution in [2.75, 3.05) is 5.43 Å². The summed E-state index contributed by atoms with van der Waals surface area (Å²) in [6.45, 7) is 0. The normalized spacial score (nSPS) is 11.2. The molecule has 0 atom stereocenters. The number of benzene rings is 1. The smallest absolute Gasteiger partial charge is 0.375 e. The number of hydrogen-bond donors (Lipinski definition) is 3. The van der Waals surface area contributed by atoms with E-state index in [1.807, 2.05) is 0 Å². The molecule has 122 valence electrons. The van der Waals surface area contributed by atoms with E-state index in [0.717, 1.165) is 6.07 Å². The Kier molecular flexibility index (Phi) is 5.12. The van der Waals surface area contributed by atoms with Crippen LogP contribution in [-0.2, 0) is 6.18 Å². The van der Waals surface area contributed by atoms with E-state index in [1.165, 1.54) is 18.2 Å². The summed E-state index contributed by atoms with van der Waals surface area (Å²) >= 11 is 16.3. The molecule has 1 aromatic carbocycles. The van der Waals surface area contributed by atoms with Crippen molar-refractivity contribution in [1.82, 2.24) is 15.4 Å². The standard InChI is InChI=1S/C12H8Cl2F3N5S/c13-6-1-5(2-7(14)3-6)8-4-9(12(15,16)17)20-11(19-8)22-21-10(18)23/h1-4H,(H3,18,21,23)(H,19,20,22). The SMILES string of the molecule is NC(=S)NNc1nc(-c2cc(Cl)cc(Cl)c2)cc(C(F)(F)F)n1. The molecule has 5 nitrogen and oxygen atoms in total. The van der Waals surface area contributed by atoms with Crippen molar-refractivity contribution in [2.45, 2.75) is 6.18 Å². The van der Waals surface area contributed by atoms with Crippen LogP contribution in [0.1, 0.15) is 5.69 Å².